The minimum absolute atomic E-state index is 0.0297. The Bertz CT molecular complexity index is 840. The molecule has 8 heteroatoms. The lowest BCUT2D eigenvalue weighted by molar-refractivity contribution is -0.116. The van der Waals surface area contributed by atoms with Gasteiger partial charge in [-0.1, -0.05) is 29.8 Å². The van der Waals surface area contributed by atoms with Crippen molar-refractivity contribution in [2.45, 2.75) is 17.7 Å². The van der Waals surface area contributed by atoms with E-state index < -0.39 is 10.0 Å². The molecule has 0 bridgehead atoms. The van der Waals surface area contributed by atoms with Gasteiger partial charge in [0.25, 0.3) is 10.0 Å². The van der Waals surface area contributed by atoms with Gasteiger partial charge in [-0.3, -0.25) is 9.52 Å². The summed E-state index contributed by atoms with van der Waals surface area (Å²) >= 11 is 5.98. The molecule has 6 nitrogen and oxygen atoms in total. The summed E-state index contributed by atoms with van der Waals surface area (Å²) in [6, 6.07) is 12.6. The van der Waals surface area contributed by atoms with Crippen LogP contribution in [-0.4, -0.2) is 28.0 Å². The highest BCUT2D eigenvalue weighted by atomic mass is 35.5. The van der Waals surface area contributed by atoms with E-state index in [-0.39, 0.29) is 16.5 Å². The molecule has 0 radical (unpaired) electrons. The van der Waals surface area contributed by atoms with Gasteiger partial charge in [0.1, 0.15) is 0 Å². The van der Waals surface area contributed by atoms with Gasteiger partial charge in [-0.15, -0.1) is 0 Å². The number of carbonyl (C=O) groups is 1. The van der Waals surface area contributed by atoms with Crippen LogP contribution in [-0.2, 0) is 19.6 Å². The second-order valence-corrected chi connectivity index (χ2v) is 7.35. The second-order valence-electron chi connectivity index (χ2n) is 5.26. The first-order chi connectivity index (χ1) is 11.9. The Morgan fingerprint density at radius 3 is 2.64 bits per heavy atom. The smallest absolute Gasteiger partial charge is 0.262 e. The average Bonchev–Trinajstić information content (AvgIpc) is 2.57. The van der Waals surface area contributed by atoms with Crippen molar-refractivity contribution in [2.75, 3.05) is 23.8 Å². The largest absolute Gasteiger partial charge is 0.385 e. The van der Waals surface area contributed by atoms with Crippen LogP contribution < -0.4 is 10.0 Å². The van der Waals surface area contributed by atoms with Crippen LogP contribution in [0.25, 0.3) is 0 Å². The number of sulfonamides is 1. The van der Waals surface area contributed by atoms with Gasteiger partial charge >= 0.3 is 0 Å². The molecule has 0 spiro atoms. The maximum Gasteiger partial charge on any atom is 0.262 e. The molecule has 134 valence electrons. The maximum atomic E-state index is 12.5. The Kier molecular flexibility index (Phi) is 6.81. The monoisotopic (exact) mass is 382 g/mol. The van der Waals surface area contributed by atoms with Crippen LogP contribution in [0.4, 0.5) is 11.4 Å². The zero-order valence-electron chi connectivity index (χ0n) is 13.7. The number of anilines is 2. The number of para-hydroxylation sites is 1. The maximum absolute atomic E-state index is 12.5. The molecule has 0 aliphatic heterocycles. The van der Waals surface area contributed by atoms with Gasteiger partial charge in [0.05, 0.1) is 15.6 Å². The van der Waals surface area contributed by atoms with Gasteiger partial charge in [-0.05, 0) is 36.8 Å². The van der Waals surface area contributed by atoms with Gasteiger partial charge < -0.3 is 10.1 Å². The highest BCUT2D eigenvalue weighted by Crippen LogP contribution is 2.25. The van der Waals surface area contributed by atoms with E-state index in [4.69, 9.17) is 16.3 Å². The van der Waals surface area contributed by atoms with E-state index in [0.29, 0.717) is 30.2 Å². The Balaban J connectivity index is 2.11. The Morgan fingerprint density at radius 1 is 1.16 bits per heavy atom. The zero-order chi connectivity index (χ0) is 18.3. The number of hydrogen-bond acceptors (Lipinski definition) is 4. The first-order valence-corrected chi connectivity index (χ1v) is 9.45. The molecule has 0 unspecified atom stereocenters. The van der Waals surface area contributed by atoms with Crippen molar-refractivity contribution in [2.24, 2.45) is 0 Å². The summed E-state index contributed by atoms with van der Waals surface area (Å²) in [6.45, 7) is 0.490. The van der Waals surface area contributed by atoms with E-state index in [9.17, 15) is 13.2 Å². The quantitative estimate of drug-likeness (QED) is 0.684. The number of amides is 1. The first-order valence-electron chi connectivity index (χ1n) is 7.58. The fourth-order valence-electron chi connectivity index (χ4n) is 2.09. The summed E-state index contributed by atoms with van der Waals surface area (Å²) < 4.78 is 32.3. The lowest BCUT2D eigenvalue weighted by Crippen LogP contribution is -2.15. The van der Waals surface area contributed by atoms with Crippen molar-refractivity contribution in [3.05, 3.63) is 53.6 Å². The van der Waals surface area contributed by atoms with Crippen LogP contribution in [0.1, 0.15) is 12.8 Å². The highest BCUT2D eigenvalue weighted by Gasteiger charge is 2.16. The van der Waals surface area contributed by atoms with Crippen LogP contribution in [0.3, 0.4) is 0 Å². The molecule has 2 N–H and O–H groups in total. The lowest BCUT2D eigenvalue weighted by atomic mass is 10.2. The van der Waals surface area contributed by atoms with Crippen molar-refractivity contribution in [1.82, 2.24) is 0 Å². The molecule has 25 heavy (non-hydrogen) atoms. The number of benzene rings is 2. The second kappa shape index (κ2) is 8.84. The molecule has 0 aliphatic carbocycles. The minimum atomic E-state index is -3.82. The first kappa shape index (κ1) is 19.2. The molecular weight excluding hydrogens is 364 g/mol. The molecule has 0 saturated heterocycles. The van der Waals surface area contributed by atoms with Crippen molar-refractivity contribution in [3.63, 3.8) is 0 Å². The fraction of sp³-hybridized carbons (Fsp3) is 0.235. The van der Waals surface area contributed by atoms with E-state index in [1.165, 1.54) is 12.1 Å². The summed E-state index contributed by atoms with van der Waals surface area (Å²) in [5, 5.41) is 2.98. The van der Waals surface area contributed by atoms with Crippen molar-refractivity contribution < 1.29 is 17.9 Å². The van der Waals surface area contributed by atoms with Gasteiger partial charge in [0.15, 0.2) is 0 Å². The summed E-state index contributed by atoms with van der Waals surface area (Å²) in [5.74, 6) is -0.203. The number of hydrogen-bond donors (Lipinski definition) is 2. The van der Waals surface area contributed by atoms with E-state index in [1.54, 1.807) is 43.5 Å². The fourth-order valence-corrected chi connectivity index (χ4v) is 3.45. The van der Waals surface area contributed by atoms with E-state index >= 15 is 0 Å². The summed E-state index contributed by atoms with van der Waals surface area (Å²) in [5.41, 5.74) is 0.697. The number of ether oxygens (including phenoxy) is 1. The molecule has 0 saturated carbocycles. The lowest BCUT2D eigenvalue weighted by Gasteiger charge is -2.11. The van der Waals surface area contributed by atoms with Gasteiger partial charge in [0, 0.05) is 25.8 Å². The van der Waals surface area contributed by atoms with E-state index in [0.717, 1.165) is 0 Å². The highest BCUT2D eigenvalue weighted by molar-refractivity contribution is 7.92. The third-order valence-electron chi connectivity index (χ3n) is 3.30. The third kappa shape index (κ3) is 5.74. The van der Waals surface area contributed by atoms with Crippen LogP contribution in [0.15, 0.2) is 53.4 Å². The molecule has 2 aromatic carbocycles. The zero-order valence-corrected chi connectivity index (χ0v) is 15.2. The number of carbonyl (C=O) groups excluding carboxylic acids is 1. The standard InChI is InChI=1S/C17H19ClN2O4S/c1-24-11-5-10-17(21)19-13-6-4-7-14(12-13)25(22,23)20-16-9-3-2-8-15(16)18/h2-4,6-9,12,20H,5,10-11H2,1H3,(H,19,21). The predicted octanol–water partition coefficient (Wildman–Crippen LogP) is 3.51. The molecule has 0 aliphatic rings. The third-order valence-corrected chi connectivity index (χ3v) is 4.99. The van der Waals surface area contributed by atoms with Crippen LogP contribution >= 0.6 is 11.6 Å². The Hall–Kier alpha value is -2.09. The molecular formula is C17H19ClN2O4S. The molecule has 0 atom stereocenters. The van der Waals surface area contributed by atoms with Gasteiger partial charge in [0.2, 0.25) is 5.91 Å². The predicted molar refractivity (Wildman–Crippen MR) is 98.4 cm³/mol. The van der Waals surface area contributed by atoms with Crippen LogP contribution in [0.5, 0.6) is 0 Å². The normalized spacial score (nSPS) is 11.1. The number of nitrogens with one attached hydrogen (secondary N) is 2. The summed E-state index contributed by atoms with van der Waals surface area (Å²) in [4.78, 5) is 11.9. The Morgan fingerprint density at radius 2 is 1.92 bits per heavy atom. The molecule has 2 rings (SSSR count). The topological polar surface area (TPSA) is 84.5 Å². The minimum Gasteiger partial charge on any atom is -0.385 e. The number of halogens is 1. The van der Waals surface area contributed by atoms with Crippen molar-refractivity contribution in [1.29, 1.82) is 0 Å². The van der Waals surface area contributed by atoms with Gasteiger partial charge in [-0.25, -0.2) is 8.42 Å². The molecule has 0 fully saturated rings. The van der Waals surface area contributed by atoms with Crippen molar-refractivity contribution >= 4 is 38.9 Å². The Labute approximate surface area is 152 Å². The van der Waals surface area contributed by atoms with E-state index in [1.807, 2.05) is 0 Å². The summed E-state index contributed by atoms with van der Waals surface area (Å²) in [7, 11) is -2.25. The average molecular weight is 383 g/mol. The van der Waals surface area contributed by atoms with Gasteiger partial charge in [-0.2, -0.15) is 0 Å². The molecule has 0 aromatic heterocycles. The van der Waals surface area contributed by atoms with E-state index in [2.05, 4.69) is 10.0 Å². The van der Waals surface area contributed by atoms with Crippen LogP contribution in [0.2, 0.25) is 5.02 Å². The number of rotatable bonds is 8. The number of methoxy groups -OCH3 is 1. The summed E-state index contributed by atoms with van der Waals surface area (Å²) in [6.07, 6.45) is 0.886. The van der Waals surface area contributed by atoms with Crippen LogP contribution in [0, 0.1) is 0 Å². The molecule has 2 aromatic rings. The van der Waals surface area contributed by atoms with Crippen molar-refractivity contribution in [3.8, 4) is 0 Å². The SMILES string of the molecule is COCCCC(=O)Nc1cccc(S(=O)(=O)Nc2ccccc2Cl)c1. The molecule has 1 amide bonds. The molecule has 0 heterocycles.